The van der Waals surface area contributed by atoms with Gasteiger partial charge in [-0.2, -0.15) is 0 Å². The maximum Gasteiger partial charge on any atom is 0.332 e. The molecule has 4 nitrogen and oxygen atoms in total. The molecular weight excluding hydrogens is 168 g/mol. The molecule has 70 valence electrons. The Balaban J connectivity index is 2.90. The van der Waals surface area contributed by atoms with Gasteiger partial charge in [-0.1, -0.05) is 19.4 Å². The first-order chi connectivity index (χ1) is 6.24. The molecule has 0 bridgehead atoms. The Morgan fingerprint density at radius 1 is 1.54 bits per heavy atom. The Kier molecular flexibility index (Phi) is 3.25. The summed E-state index contributed by atoms with van der Waals surface area (Å²) in [6.45, 7) is 2.06. The number of nitrogens with zero attached hydrogens (tertiary/aromatic N) is 1. The van der Waals surface area contributed by atoms with Crippen molar-refractivity contribution in [2.75, 3.05) is 0 Å². The molecule has 4 heteroatoms. The van der Waals surface area contributed by atoms with Gasteiger partial charge in [0.05, 0.1) is 0 Å². The van der Waals surface area contributed by atoms with Gasteiger partial charge in [-0.3, -0.25) is 14.3 Å². The standard InChI is InChI=1S/C9H12N2O2/c1-2-3-4-6-11-7-5-8(12)10-9(11)13/h4-7H,2-3H2,1H3,(H,10,12,13)/b6-4+. The molecule has 0 saturated carbocycles. The predicted molar refractivity (Wildman–Crippen MR) is 51.6 cm³/mol. The fourth-order valence-corrected chi connectivity index (χ4v) is 0.899. The monoisotopic (exact) mass is 180 g/mol. The van der Waals surface area contributed by atoms with E-state index in [2.05, 4.69) is 11.9 Å². The number of rotatable bonds is 3. The van der Waals surface area contributed by atoms with Gasteiger partial charge < -0.3 is 0 Å². The van der Waals surface area contributed by atoms with E-state index in [-0.39, 0.29) is 5.56 Å². The molecule has 0 aliphatic rings. The van der Waals surface area contributed by atoms with Crippen molar-refractivity contribution >= 4 is 6.20 Å². The van der Waals surface area contributed by atoms with Crippen LogP contribution in [0.1, 0.15) is 19.8 Å². The summed E-state index contributed by atoms with van der Waals surface area (Å²) in [4.78, 5) is 23.9. The van der Waals surface area contributed by atoms with Crippen molar-refractivity contribution in [2.45, 2.75) is 19.8 Å². The third kappa shape index (κ3) is 2.74. The van der Waals surface area contributed by atoms with Gasteiger partial charge in [0.25, 0.3) is 5.56 Å². The van der Waals surface area contributed by atoms with Crippen LogP contribution in [-0.2, 0) is 0 Å². The molecule has 0 aliphatic heterocycles. The van der Waals surface area contributed by atoms with E-state index in [9.17, 15) is 9.59 Å². The highest BCUT2D eigenvalue weighted by Gasteiger charge is 1.89. The van der Waals surface area contributed by atoms with Crippen LogP contribution in [0.4, 0.5) is 0 Å². The normalized spacial score (nSPS) is 10.8. The number of hydrogen-bond donors (Lipinski definition) is 1. The van der Waals surface area contributed by atoms with E-state index >= 15 is 0 Å². The minimum atomic E-state index is -0.403. The topological polar surface area (TPSA) is 54.9 Å². The smallest absolute Gasteiger partial charge is 0.276 e. The zero-order valence-corrected chi connectivity index (χ0v) is 7.49. The minimum absolute atomic E-state index is 0.370. The maximum atomic E-state index is 11.1. The first-order valence-electron chi connectivity index (χ1n) is 4.22. The highest BCUT2D eigenvalue weighted by atomic mass is 16.2. The van der Waals surface area contributed by atoms with Crippen LogP contribution in [0.5, 0.6) is 0 Å². The Morgan fingerprint density at radius 3 is 2.92 bits per heavy atom. The second kappa shape index (κ2) is 4.45. The van der Waals surface area contributed by atoms with Crippen LogP contribution in [0.3, 0.4) is 0 Å². The number of aromatic nitrogens is 2. The molecule has 1 aromatic heterocycles. The molecule has 0 aromatic carbocycles. The highest BCUT2D eigenvalue weighted by Crippen LogP contribution is 1.89. The van der Waals surface area contributed by atoms with Gasteiger partial charge in [0.15, 0.2) is 0 Å². The zero-order chi connectivity index (χ0) is 9.68. The lowest BCUT2D eigenvalue weighted by atomic mass is 10.3. The Bertz CT molecular complexity index is 401. The van der Waals surface area contributed by atoms with Crippen LogP contribution in [0, 0.1) is 0 Å². The van der Waals surface area contributed by atoms with Crippen molar-refractivity contribution in [1.29, 1.82) is 0 Å². The maximum absolute atomic E-state index is 11.1. The lowest BCUT2D eigenvalue weighted by Gasteiger charge is -1.94. The molecule has 0 atom stereocenters. The Hall–Kier alpha value is -1.58. The number of hydrogen-bond acceptors (Lipinski definition) is 2. The van der Waals surface area contributed by atoms with E-state index in [1.807, 2.05) is 6.08 Å². The molecule has 0 amide bonds. The number of aromatic amines is 1. The number of unbranched alkanes of at least 4 members (excludes halogenated alkanes) is 1. The van der Waals surface area contributed by atoms with Gasteiger partial charge in [-0.25, -0.2) is 4.79 Å². The van der Waals surface area contributed by atoms with Crippen molar-refractivity contribution in [3.8, 4) is 0 Å². The average Bonchev–Trinajstić information content (AvgIpc) is 2.09. The third-order valence-corrected chi connectivity index (χ3v) is 1.57. The summed E-state index contributed by atoms with van der Waals surface area (Å²) in [5, 5.41) is 0. The Labute approximate surface area is 75.5 Å². The van der Waals surface area contributed by atoms with Crippen LogP contribution < -0.4 is 11.2 Å². The Morgan fingerprint density at radius 2 is 2.31 bits per heavy atom. The van der Waals surface area contributed by atoms with E-state index in [0.717, 1.165) is 12.8 Å². The summed E-state index contributed by atoms with van der Waals surface area (Å²) < 4.78 is 1.34. The molecule has 0 spiro atoms. The lowest BCUT2D eigenvalue weighted by Crippen LogP contribution is -2.25. The first kappa shape index (κ1) is 9.51. The van der Waals surface area contributed by atoms with Crippen LogP contribution in [-0.4, -0.2) is 9.55 Å². The summed E-state index contributed by atoms with van der Waals surface area (Å²) in [6, 6.07) is 1.32. The van der Waals surface area contributed by atoms with Gasteiger partial charge >= 0.3 is 5.69 Å². The summed E-state index contributed by atoms with van der Waals surface area (Å²) in [7, 11) is 0. The molecule has 0 radical (unpaired) electrons. The van der Waals surface area contributed by atoms with E-state index in [1.165, 1.54) is 16.8 Å². The molecule has 1 heterocycles. The fourth-order valence-electron chi connectivity index (χ4n) is 0.899. The zero-order valence-electron chi connectivity index (χ0n) is 7.49. The summed E-state index contributed by atoms with van der Waals surface area (Å²) in [6.07, 6.45) is 6.95. The van der Waals surface area contributed by atoms with Gasteiger partial charge in [0.2, 0.25) is 0 Å². The van der Waals surface area contributed by atoms with Crippen molar-refractivity contribution in [3.63, 3.8) is 0 Å². The van der Waals surface area contributed by atoms with Crippen LogP contribution in [0.15, 0.2) is 27.9 Å². The molecule has 0 saturated heterocycles. The van der Waals surface area contributed by atoms with E-state index < -0.39 is 5.69 Å². The molecule has 1 rings (SSSR count). The van der Waals surface area contributed by atoms with E-state index in [4.69, 9.17) is 0 Å². The summed E-state index contributed by atoms with van der Waals surface area (Å²) >= 11 is 0. The first-order valence-corrected chi connectivity index (χ1v) is 4.22. The van der Waals surface area contributed by atoms with Crippen molar-refractivity contribution in [2.24, 2.45) is 0 Å². The largest absolute Gasteiger partial charge is 0.332 e. The second-order valence-corrected chi connectivity index (χ2v) is 2.69. The second-order valence-electron chi connectivity index (χ2n) is 2.69. The van der Waals surface area contributed by atoms with Crippen LogP contribution >= 0.6 is 0 Å². The summed E-state index contributed by atoms with van der Waals surface area (Å²) in [5.74, 6) is 0. The predicted octanol–water partition coefficient (Wildman–Crippen LogP) is 0.807. The van der Waals surface area contributed by atoms with Gasteiger partial charge in [0, 0.05) is 18.5 Å². The molecular formula is C9H12N2O2. The van der Waals surface area contributed by atoms with Gasteiger partial charge in [-0.15, -0.1) is 0 Å². The average molecular weight is 180 g/mol. The number of allylic oxidation sites excluding steroid dienone is 1. The van der Waals surface area contributed by atoms with E-state index in [1.54, 1.807) is 6.20 Å². The van der Waals surface area contributed by atoms with Crippen molar-refractivity contribution in [3.05, 3.63) is 39.2 Å². The van der Waals surface area contributed by atoms with Crippen LogP contribution in [0.2, 0.25) is 0 Å². The fraction of sp³-hybridized carbons (Fsp3) is 0.333. The third-order valence-electron chi connectivity index (χ3n) is 1.57. The molecule has 0 unspecified atom stereocenters. The molecule has 13 heavy (non-hydrogen) atoms. The number of nitrogens with one attached hydrogen (secondary N) is 1. The van der Waals surface area contributed by atoms with Gasteiger partial charge in [0.1, 0.15) is 0 Å². The molecule has 1 aromatic rings. The summed E-state index contributed by atoms with van der Waals surface area (Å²) in [5.41, 5.74) is -0.773. The highest BCUT2D eigenvalue weighted by molar-refractivity contribution is 5.20. The lowest BCUT2D eigenvalue weighted by molar-refractivity contribution is 0.918. The van der Waals surface area contributed by atoms with Crippen molar-refractivity contribution in [1.82, 2.24) is 9.55 Å². The molecule has 0 fully saturated rings. The van der Waals surface area contributed by atoms with Gasteiger partial charge in [-0.05, 0) is 6.42 Å². The number of H-pyrrole nitrogens is 1. The van der Waals surface area contributed by atoms with Crippen molar-refractivity contribution < 1.29 is 0 Å². The quantitative estimate of drug-likeness (QED) is 0.748. The molecule has 1 N–H and O–H groups in total. The minimum Gasteiger partial charge on any atom is -0.276 e. The van der Waals surface area contributed by atoms with E-state index in [0.29, 0.717) is 0 Å². The molecule has 0 aliphatic carbocycles. The van der Waals surface area contributed by atoms with Crippen LogP contribution in [0.25, 0.3) is 6.20 Å². The SMILES string of the molecule is CCC/C=C/n1ccc(=O)[nH]c1=O.